The second-order valence-corrected chi connectivity index (χ2v) is 5.65. The van der Waals surface area contributed by atoms with Crippen molar-refractivity contribution in [1.82, 2.24) is 10.2 Å². The topological polar surface area (TPSA) is 105 Å². The van der Waals surface area contributed by atoms with Gasteiger partial charge in [0, 0.05) is 6.54 Å². The molecule has 21 heavy (non-hydrogen) atoms. The smallest absolute Gasteiger partial charge is 0.307 e. The highest BCUT2D eigenvalue weighted by Crippen LogP contribution is 2.14. The normalized spacial score (nSPS) is 23.8. The Labute approximate surface area is 124 Å². The lowest BCUT2D eigenvalue weighted by Crippen LogP contribution is -2.35. The van der Waals surface area contributed by atoms with Crippen molar-refractivity contribution in [3.8, 4) is 0 Å². The van der Waals surface area contributed by atoms with Gasteiger partial charge in [0.1, 0.15) is 0 Å². The van der Waals surface area contributed by atoms with E-state index in [0.29, 0.717) is 5.92 Å². The number of aliphatic carboxylic acids is 1. The molecule has 0 bridgehead atoms. The van der Waals surface area contributed by atoms with E-state index in [2.05, 4.69) is 15.1 Å². The average Bonchev–Trinajstić information content (AvgIpc) is 2.47. The Morgan fingerprint density at radius 2 is 2.10 bits per heavy atom. The molecule has 2 saturated heterocycles. The lowest BCUT2D eigenvalue weighted by molar-refractivity contribution is -0.759. The highest BCUT2D eigenvalue weighted by atomic mass is 16.9. The molecule has 0 saturated carbocycles. The lowest BCUT2D eigenvalue weighted by Gasteiger charge is -2.26. The fourth-order valence-corrected chi connectivity index (χ4v) is 2.58. The van der Waals surface area contributed by atoms with Crippen LogP contribution in [-0.4, -0.2) is 60.9 Å². The predicted octanol–water partition coefficient (Wildman–Crippen LogP) is 0.607. The van der Waals surface area contributed by atoms with Gasteiger partial charge in [-0.3, -0.25) is 4.79 Å². The minimum atomic E-state index is -0.720. The van der Waals surface area contributed by atoms with Crippen LogP contribution in [-0.2, 0) is 9.63 Å². The van der Waals surface area contributed by atoms with E-state index in [4.69, 9.17) is 5.11 Å². The summed E-state index contributed by atoms with van der Waals surface area (Å²) in [4.78, 5) is 26.6. The first-order valence-electron chi connectivity index (χ1n) is 7.38. The van der Waals surface area contributed by atoms with Gasteiger partial charge in [0.15, 0.2) is 0 Å². The molecule has 0 aromatic carbocycles. The summed E-state index contributed by atoms with van der Waals surface area (Å²) >= 11 is 0. The van der Waals surface area contributed by atoms with Crippen molar-refractivity contribution in [3.05, 3.63) is 10.1 Å². The molecule has 8 nitrogen and oxygen atoms in total. The molecule has 0 aromatic rings. The van der Waals surface area contributed by atoms with Crippen LogP contribution < -0.4 is 5.32 Å². The molecule has 2 fully saturated rings. The van der Waals surface area contributed by atoms with Crippen molar-refractivity contribution in [2.24, 2.45) is 11.8 Å². The summed E-state index contributed by atoms with van der Waals surface area (Å²) in [6.07, 6.45) is 3.83. The molecule has 2 heterocycles. The first-order chi connectivity index (χ1) is 9.99. The maximum absolute atomic E-state index is 10.5. The molecule has 1 unspecified atom stereocenters. The molecule has 0 aliphatic carbocycles. The Kier molecular flexibility index (Phi) is 7.99. The number of carboxylic acid groups (broad SMARTS) is 1. The fraction of sp³-hybridized carbons (Fsp3) is 0.923. The third kappa shape index (κ3) is 7.81. The molecule has 0 amide bonds. The van der Waals surface area contributed by atoms with Crippen molar-refractivity contribution < 1.29 is 19.8 Å². The van der Waals surface area contributed by atoms with Crippen LogP contribution in [0, 0.1) is 22.0 Å². The van der Waals surface area contributed by atoms with Crippen LogP contribution in [0.1, 0.15) is 25.7 Å². The molecule has 0 aromatic heterocycles. The van der Waals surface area contributed by atoms with Crippen LogP contribution >= 0.6 is 0 Å². The Morgan fingerprint density at radius 1 is 1.43 bits per heavy atom. The number of rotatable bonds is 4. The predicted molar refractivity (Wildman–Crippen MR) is 76.4 cm³/mol. The first kappa shape index (κ1) is 17.6. The second-order valence-electron chi connectivity index (χ2n) is 5.65. The second kappa shape index (κ2) is 9.51. The summed E-state index contributed by atoms with van der Waals surface area (Å²) in [5.41, 5.74) is 0. The average molecular weight is 303 g/mol. The van der Waals surface area contributed by atoms with E-state index in [0.717, 1.165) is 51.9 Å². The van der Waals surface area contributed by atoms with E-state index in [1.165, 1.54) is 0 Å². The standard InChI is InChI=1S/C7H13NO2.C6H12N2O3/c1-8-4-2-3-6(5-8)7(9)10;9-8(10)11-5-6-1-3-7-4-2-6/h6H,2-5H2,1H3,(H,9,10);6-7H,1-5H2. The summed E-state index contributed by atoms with van der Waals surface area (Å²) in [6.45, 7) is 3.92. The van der Waals surface area contributed by atoms with Crippen LogP contribution in [0.2, 0.25) is 0 Å². The van der Waals surface area contributed by atoms with Crippen LogP contribution in [0.5, 0.6) is 0 Å². The molecular formula is C13H25N3O5. The van der Waals surface area contributed by atoms with E-state index < -0.39 is 11.1 Å². The first-order valence-corrected chi connectivity index (χ1v) is 7.38. The number of carbonyl (C=O) groups is 1. The third-order valence-electron chi connectivity index (χ3n) is 3.85. The zero-order chi connectivity index (χ0) is 15.7. The monoisotopic (exact) mass is 303 g/mol. The van der Waals surface area contributed by atoms with E-state index >= 15 is 0 Å². The van der Waals surface area contributed by atoms with Gasteiger partial charge in [0.05, 0.1) is 12.5 Å². The van der Waals surface area contributed by atoms with Crippen LogP contribution in [0.15, 0.2) is 0 Å². The van der Waals surface area contributed by atoms with Gasteiger partial charge in [-0.2, -0.15) is 0 Å². The minimum absolute atomic E-state index is 0.126. The molecule has 2 aliphatic heterocycles. The number of likely N-dealkylation sites (tertiary alicyclic amines) is 1. The Hall–Kier alpha value is -1.41. The maximum Gasteiger partial charge on any atom is 0.307 e. The lowest BCUT2D eigenvalue weighted by atomic mass is 9.99. The van der Waals surface area contributed by atoms with Crippen molar-refractivity contribution >= 4 is 5.97 Å². The molecule has 2 N–H and O–H groups in total. The van der Waals surface area contributed by atoms with Crippen molar-refractivity contribution in [2.75, 3.05) is 39.8 Å². The Bertz CT molecular complexity index is 334. The molecule has 122 valence electrons. The minimum Gasteiger partial charge on any atom is -0.481 e. The summed E-state index contributed by atoms with van der Waals surface area (Å²) in [5, 5.41) is 20.9. The molecule has 1 atom stereocenters. The Balaban J connectivity index is 0.000000211. The van der Waals surface area contributed by atoms with E-state index in [1.807, 2.05) is 7.05 Å². The van der Waals surface area contributed by atoms with Gasteiger partial charge in [-0.05, 0) is 58.3 Å². The molecular weight excluding hydrogens is 278 g/mol. The number of hydrogen-bond donors (Lipinski definition) is 2. The molecule has 2 rings (SSSR count). The van der Waals surface area contributed by atoms with Gasteiger partial charge >= 0.3 is 5.97 Å². The number of nitrogens with one attached hydrogen (secondary N) is 1. The summed E-state index contributed by atoms with van der Waals surface area (Å²) in [6, 6.07) is 0. The largest absolute Gasteiger partial charge is 0.481 e. The number of piperidine rings is 2. The van der Waals surface area contributed by atoms with Gasteiger partial charge in [-0.1, -0.05) is 0 Å². The van der Waals surface area contributed by atoms with Gasteiger partial charge in [0.25, 0.3) is 5.09 Å². The van der Waals surface area contributed by atoms with Crippen LogP contribution in [0.25, 0.3) is 0 Å². The summed E-state index contributed by atoms with van der Waals surface area (Å²) in [7, 11) is 1.97. The maximum atomic E-state index is 10.5. The molecule has 8 heteroatoms. The SMILES string of the molecule is CN1CCCC(C(=O)O)C1.O=[N+]([O-])OCC1CCNCC1. The van der Waals surface area contributed by atoms with Crippen molar-refractivity contribution in [1.29, 1.82) is 0 Å². The third-order valence-corrected chi connectivity index (χ3v) is 3.85. The van der Waals surface area contributed by atoms with Crippen molar-refractivity contribution in [2.45, 2.75) is 25.7 Å². The highest BCUT2D eigenvalue weighted by Gasteiger charge is 2.22. The molecule has 2 aliphatic rings. The van der Waals surface area contributed by atoms with E-state index in [1.54, 1.807) is 0 Å². The fourth-order valence-electron chi connectivity index (χ4n) is 2.58. The molecule has 0 radical (unpaired) electrons. The van der Waals surface area contributed by atoms with Crippen molar-refractivity contribution in [3.63, 3.8) is 0 Å². The summed E-state index contributed by atoms with van der Waals surface area (Å²) < 4.78 is 0. The molecule has 0 spiro atoms. The Morgan fingerprint density at radius 3 is 2.57 bits per heavy atom. The zero-order valence-electron chi connectivity index (χ0n) is 12.5. The van der Waals surface area contributed by atoms with Gasteiger partial charge < -0.3 is 20.2 Å². The van der Waals surface area contributed by atoms with Gasteiger partial charge in [-0.25, -0.2) is 0 Å². The van der Waals surface area contributed by atoms with E-state index in [9.17, 15) is 14.9 Å². The van der Waals surface area contributed by atoms with Crippen LogP contribution in [0.3, 0.4) is 0 Å². The zero-order valence-corrected chi connectivity index (χ0v) is 12.5. The van der Waals surface area contributed by atoms with Gasteiger partial charge in [0.2, 0.25) is 0 Å². The van der Waals surface area contributed by atoms with Crippen LogP contribution in [0.4, 0.5) is 0 Å². The number of nitrogens with zero attached hydrogens (tertiary/aromatic N) is 2. The summed E-state index contributed by atoms with van der Waals surface area (Å²) in [5.74, 6) is -0.410. The number of carboxylic acids is 1. The highest BCUT2D eigenvalue weighted by molar-refractivity contribution is 5.70. The quantitative estimate of drug-likeness (QED) is 0.579. The number of hydrogen-bond acceptors (Lipinski definition) is 6. The van der Waals surface area contributed by atoms with Gasteiger partial charge in [-0.15, -0.1) is 10.1 Å². The van der Waals surface area contributed by atoms with E-state index in [-0.39, 0.29) is 12.5 Å².